The summed E-state index contributed by atoms with van der Waals surface area (Å²) in [4.78, 5) is 42.1. The van der Waals surface area contributed by atoms with Crippen molar-refractivity contribution in [2.24, 2.45) is 5.92 Å². The van der Waals surface area contributed by atoms with Crippen LogP contribution in [0.15, 0.2) is 71.5 Å². The number of pyridine rings is 1. The monoisotopic (exact) mass is 580 g/mol. The van der Waals surface area contributed by atoms with Crippen molar-refractivity contribution in [3.63, 3.8) is 0 Å². The second kappa shape index (κ2) is 12.4. The minimum Gasteiger partial charge on any atom is -0.326 e. The highest BCUT2D eigenvalue weighted by Gasteiger charge is 2.32. The molecule has 1 saturated heterocycles. The molecule has 9 nitrogen and oxygen atoms in total. The molecule has 1 unspecified atom stereocenters. The number of nitrogens with zero attached hydrogens (tertiary/aromatic N) is 2. The second-order valence-corrected chi connectivity index (χ2v) is 12.5. The van der Waals surface area contributed by atoms with E-state index in [-0.39, 0.29) is 22.7 Å². The van der Waals surface area contributed by atoms with Crippen LogP contribution in [-0.4, -0.2) is 39.7 Å². The topological polar surface area (TPSA) is 121 Å². The van der Waals surface area contributed by atoms with Gasteiger partial charge in [0.15, 0.2) is 5.78 Å². The van der Waals surface area contributed by atoms with Crippen LogP contribution in [0.25, 0.3) is 5.69 Å². The van der Waals surface area contributed by atoms with Gasteiger partial charge in [-0.05, 0) is 81.6 Å². The summed E-state index contributed by atoms with van der Waals surface area (Å²) in [5.74, 6) is 0.136. The maximum Gasteiger partial charge on any atom is 0.324 e. The minimum absolute atomic E-state index is 0.0839. The van der Waals surface area contributed by atoms with Gasteiger partial charge in [0.2, 0.25) is 5.56 Å². The number of urea groups is 1. The number of H-pyrrole nitrogens is 1. The molecule has 9 heteroatoms. The number of hydrogen-bond donors (Lipinski definition) is 4. The van der Waals surface area contributed by atoms with E-state index in [9.17, 15) is 14.4 Å². The fraction of sp³-hybridized carbons (Fsp3) is 0.353. The summed E-state index contributed by atoms with van der Waals surface area (Å²) in [6.07, 6.45) is 1.69. The molecule has 1 aliphatic rings. The number of amides is 2. The van der Waals surface area contributed by atoms with Crippen molar-refractivity contribution in [1.82, 2.24) is 20.1 Å². The lowest BCUT2D eigenvalue weighted by atomic mass is 9.76. The van der Waals surface area contributed by atoms with Crippen molar-refractivity contribution >= 4 is 23.3 Å². The average Bonchev–Trinajstić information content (AvgIpc) is 3.38. The van der Waals surface area contributed by atoms with Crippen LogP contribution in [0.1, 0.15) is 72.4 Å². The maximum absolute atomic E-state index is 13.9. The van der Waals surface area contributed by atoms with Crippen molar-refractivity contribution in [2.75, 3.05) is 23.7 Å². The highest BCUT2D eigenvalue weighted by Crippen LogP contribution is 2.35. The summed E-state index contributed by atoms with van der Waals surface area (Å²) in [5.41, 5.74) is 4.75. The van der Waals surface area contributed by atoms with Gasteiger partial charge in [0.1, 0.15) is 5.82 Å². The van der Waals surface area contributed by atoms with E-state index in [2.05, 4.69) is 41.7 Å². The largest absolute Gasteiger partial charge is 0.326 e. The van der Waals surface area contributed by atoms with Gasteiger partial charge < -0.3 is 15.6 Å². The van der Waals surface area contributed by atoms with E-state index in [1.54, 1.807) is 17.7 Å². The number of aryl methyl sites for hydroxylation is 2. The quantitative estimate of drug-likeness (QED) is 0.197. The number of carbonyl (C=O) groups excluding carboxylic acids is 2. The fourth-order valence-corrected chi connectivity index (χ4v) is 5.63. The third-order valence-electron chi connectivity index (χ3n) is 7.90. The van der Waals surface area contributed by atoms with E-state index in [0.29, 0.717) is 22.8 Å². The smallest absolute Gasteiger partial charge is 0.324 e. The third kappa shape index (κ3) is 7.11. The molecule has 1 atom stereocenters. The zero-order valence-electron chi connectivity index (χ0n) is 25.5. The van der Waals surface area contributed by atoms with E-state index in [1.165, 1.54) is 6.07 Å². The number of ketones is 1. The van der Waals surface area contributed by atoms with Gasteiger partial charge in [-0.1, -0.05) is 50.6 Å². The molecule has 0 radical (unpaired) electrons. The fourth-order valence-electron chi connectivity index (χ4n) is 5.63. The highest BCUT2D eigenvalue weighted by molar-refractivity contribution is 6.02. The van der Waals surface area contributed by atoms with Crippen molar-refractivity contribution < 1.29 is 9.59 Å². The van der Waals surface area contributed by atoms with Crippen molar-refractivity contribution in [2.45, 2.75) is 58.8 Å². The van der Waals surface area contributed by atoms with Crippen LogP contribution in [0.2, 0.25) is 0 Å². The Labute approximate surface area is 252 Å². The predicted molar refractivity (Wildman–Crippen MR) is 171 cm³/mol. The normalized spacial score (nSPS) is 14.7. The Kier molecular flexibility index (Phi) is 8.64. The molecular weight excluding hydrogens is 540 g/mol. The van der Waals surface area contributed by atoms with Gasteiger partial charge in [-0.15, -0.1) is 0 Å². The van der Waals surface area contributed by atoms with Crippen LogP contribution in [0.5, 0.6) is 0 Å². The first-order valence-corrected chi connectivity index (χ1v) is 14.8. The Morgan fingerprint density at radius 3 is 2.35 bits per heavy atom. The van der Waals surface area contributed by atoms with Crippen LogP contribution in [0.4, 0.5) is 16.3 Å². The molecule has 0 saturated carbocycles. The summed E-state index contributed by atoms with van der Waals surface area (Å²) in [6.45, 7) is 11.7. The Bertz CT molecular complexity index is 1670. The number of piperidine rings is 1. The second-order valence-electron chi connectivity index (χ2n) is 12.5. The molecule has 5 rings (SSSR count). The number of Topliss-reactive ketones (excluding diaryl/α,β-unsaturated/α-hetero) is 1. The van der Waals surface area contributed by atoms with Gasteiger partial charge in [-0.3, -0.25) is 14.9 Å². The summed E-state index contributed by atoms with van der Waals surface area (Å²) < 4.78 is 1.74. The van der Waals surface area contributed by atoms with E-state index >= 15 is 0 Å². The SMILES string of the molecule is Cc1ccc(-n2nc(C(C)(C)C)cc2NC(=O)Nc2cccc(C(C(=O)c3cc(C)[nH]c(=O)c3)C3CCNCC3)c2)cc1. The summed E-state index contributed by atoms with van der Waals surface area (Å²) >= 11 is 0. The number of hydrogen-bond acceptors (Lipinski definition) is 5. The molecule has 1 fully saturated rings. The first-order valence-electron chi connectivity index (χ1n) is 14.8. The van der Waals surface area contributed by atoms with Crippen LogP contribution in [0, 0.1) is 19.8 Å². The zero-order valence-corrected chi connectivity index (χ0v) is 25.5. The zero-order chi connectivity index (χ0) is 30.7. The summed E-state index contributed by atoms with van der Waals surface area (Å²) in [7, 11) is 0. The molecule has 3 heterocycles. The number of nitrogens with one attached hydrogen (secondary N) is 4. The molecule has 43 heavy (non-hydrogen) atoms. The number of benzene rings is 2. The molecule has 1 aliphatic heterocycles. The number of rotatable bonds is 7. The number of aromatic nitrogens is 3. The number of carbonyl (C=O) groups is 2. The number of anilines is 2. The predicted octanol–water partition coefficient (Wildman–Crippen LogP) is 6.09. The Hall–Kier alpha value is -4.50. The van der Waals surface area contributed by atoms with Gasteiger partial charge in [-0.25, -0.2) is 9.48 Å². The molecule has 2 aromatic heterocycles. The first-order chi connectivity index (χ1) is 20.5. The van der Waals surface area contributed by atoms with Crippen LogP contribution < -0.4 is 21.5 Å². The molecule has 4 N–H and O–H groups in total. The molecule has 2 aromatic carbocycles. The lowest BCUT2D eigenvalue weighted by molar-refractivity contribution is 0.0915. The highest BCUT2D eigenvalue weighted by atomic mass is 16.2. The lowest BCUT2D eigenvalue weighted by Crippen LogP contribution is -2.34. The van der Waals surface area contributed by atoms with Crippen molar-refractivity contribution in [3.8, 4) is 5.69 Å². The van der Waals surface area contributed by atoms with Gasteiger partial charge in [-0.2, -0.15) is 5.10 Å². The molecule has 224 valence electrons. The molecule has 0 bridgehead atoms. The van der Waals surface area contributed by atoms with E-state index in [1.807, 2.05) is 61.5 Å². The van der Waals surface area contributed by atoms with Crippen LogP contribution >= 0.6 is 0 Å². The number of aromatic amines is 1. The van der Waals surface area contributed by atoms with Gasteiger partial charge in [0.05, 0.1) is 17.3 Å². The van der Waals surface area contributed by atoms with Crippen LogP contribution in [-0.2, 0) is 5.41 Å². The van der Waals surface area contributed by atoms with Gasteiger partial charge in [0.25, 0.3) is 0 Å². The lowest BCUT2D eigenvalue weighted by Gasteiger charge is -2.30. The maximum atomic E-state index is 13.9. The van der Waals surface area contributed by atoms with Gasteiger partial charge in [0, 0.05) is 34.5 Å². The van der Waals surface area contributed by atoms with E-state index < -0.39 is 11.9 Å². The Morgan fingerprint density at radius 1 is 0.953 bits per heavy atom. The Balaban J connectivity index is 1.41. The molecule has 4 aromatic rings. The summed E-state index contributed by atoms with van der Waals surface area (Å²) in [5, 5.41) is 14.1. The average molecular weight is 581 g/mol. The molecule has 2 amide bonds. The molecule has 0 aliphatic carbocycles. The van der Waals surface area contributed by atoms with Crippen molar-refractivity contribution in [3.05, 3.63) is 105 Å². The van der Waals surface area contributed by atoms with E-state index in [0.717, 1.165) is 48.4 Å². The standard InChI is InChI=1S/C34H40N6O3/c1-21-9-11-27(12-10-21)40-29(20-28(39-40)34(3,4)5)38-33(43)37-26-8-6-7-24(18-26)31(23-13-15-35-16-14-23)32(42)25-17-22(2)36-30(41)19-25/h6-12,17-20,23,31,35H,13-16H2,1-5H3,(H,36,41)(H2,37,38,43). The summed E-state index contributed by atoms with van der Waals surface area (Å²) in [6, 6.07) is 20.0. The minimum atomic E-state index is -0.439. The Morgan fingerprint density at radius 2 is 1.67 bits per heavy atom. The molecular formula is C34H40N6O3. The van der Waals surface area contributed by atoms with Crippen molar-refractivity contribution in [1.29, 1.82) is 0 Å². The first kappa shape index (κ1) is 30.0. The third-order valence-corrected chi connectivity index (χ3v) is 7.90. The molecule has 0 spiro atoms. The van der Waals surface area contributed by atoms with E-state index in [4.69, 9.17) is 5.10 Å². The van der Waals surface area contributed by atoms with Crippen LogP contribution in [0.3, 0.4) is 0 Å². The van der Waals surface area contributed by atoms with Gasteiger partial charge >= 0.3 is 6.03 Å².